The van der Waals surface area contributed by atoms with Crippen LogP contribution in [0.15, 0.2) is 70.6 Å². The van der Waals surface area contributed by atoms with Gasteiger partial charge in [-0.2, -0.15) is 0 Å². The van der Waals surface area contributed by atoms with Crippen LogP contribution in [-0.4, -0.2) is 50.0 Å². The Hall–Kier alpha value is -4.08. The van der Waals surface area contributed by atoms with Crippen LogP contribution >= 0.6 is 0 Å². The summed E-state index contributed by atoms with van der Waals surface area (Å²) in [7, 11) is 0. The van der Waals surface area contributed by atoms with Crippen LogP contribution in [0.4, 0.5) is 11.4 Å². The summed E-state index contributed by atoms with van der Waals surface area (Å²) in [5, 5.41) is 21.9. The van der Waals surface area contributed by atoms with Gasteiger partial charge in [0.2, 0.25) is 11.9 Å². The fraction of sp³-hybridized carbons (Fsp3) is 0.556. The third-order valence-electron chi connectivity index (χ3n) is 7.73. The molecule has 2 aromatic carbocycles. The fourth-order valence-electron chi connectivity index (χ4n) is 5.32. The average Bonchev–Trinajstić information content (AvgIpc) is 3.05. The smallest absolute Gasteiger partial charge is 0.205 e. The van der Waals surface area contributed by atoms with Crippen molar-refractivity contribution in [3.8, 4) is 0 Å². The maximum Gasteiger partial charge on any atom is 0.205 e. The summed E-state index contributed by atoms with van der Waals surface area (Å²) in [5.41, 5.74) is 13.6. The SMILES string of the molecule is CCCCCCCCCN(/C(=N/CC/N=C(\NC(=N)N)N(CCCCCCCCC)c1ccccc1)NC(=N)N)c1ccccc1. The molecule has 0 saturated heterocycles. The number of anilines is 2. The Labute approximate surface area is 278 Å². The number of hydrogen-bond acceptors (Lipinski definition) is 4. The molecular formula is C36H60N10. The van der Waals surface area contributed by atoms with Gasteiger partial charge in [0.15, 0.2) is 11.9 Å². The molecule has 0 aliphatic heterocycles. The van der Waals surface area contributed by atoms with Crippen molar-refractivity contribution in [3.63, 3.8) is 0 Å². The monoisotopic (exact) mass is 633 g/mol. The van der Waals surface area contributed by atoms with E-state index >= 15 is 0 Å². The number of hydrogen-bond donors (Lipinski definition) is 6. The van der Waals surface area contributed by atoms with Gasteiger partial charge in [0, 0.05) is 24.5 Å². The number of aliphatic imine (C=N–C) groups is 2. The molecule has 0 spiro atoms. The first-order valence-electron chi connectivity index (χ1n) is 17.4. The molecule has 0 aliphatic rings. The van der Waals surface area contributed by atoms with Crippen molar-refractivity contribution in [2.75, 3.05) is 36.0 Å². The molecule has 2 rings (SSSR count). The van der Waals surface area contributed by atoms with E-state index in [9.17, 15) is 0 Å². The van der Waals surface area contributed by atoms with E-state index in [-0.39, 0.29) is 11.9 Å². The lowest BCUT2D eigenvalue weighted by Gasteiger charge is -2.27. The lowest BCUT2D eigenvalue weighted by Crippen LogP contribution is -2.48. The number of guanidine groups is 4. The van der Waals surface area contributed by atoms with Crippen molar-refractivity contribution >= 4 is 35.2 Å². The van der Waals surface area contributed by atoms with Crippen molar-refractivity contribution in [2.45, 2.75) is 104 Å². The maximum atomic E-state index is 7.97. The quantitative estimate of drug-likeness (QED) is 0.0487. The van der Waals surface area contributed by atoms with Crippen molar-refractivity contribution in [2.24, 2.45) is 21.5 Å². The van der Waals surface area contributed by atoms with Crippen LogP contribution in [0.2, 0.25) is 0 Å². The number of unbranched alkanes of at least 4 members (excludes halogenated alkanes) is 12. The van der Waals surface area contributed by atoms with Gasteiger partial charge in [-0.1, -0.05) is 127 Å². The highest BCUT2D eigenvalue weighted by molar-refractivity contribution is 6.06. The van der Waals surface area contributed by atoms with Gasteiger partial charge in [-0.3, -0.25) is 31.4 Å². The second-order valence-electron chi connectivity index (χ2n) is 11.7. The minimum Gasteiger partial charge on any atom is -0.370 e. The van der Waals surface area contributed by atoms with Crippen LogP contribution in [0.1, 0.15) is 104 Å². The molecule has 0 aliphatic carbocycles. The van der Waals surface area contributed by atoms with Gasteiger partial charge in [0.05, 0.1) is 13.1 Å². The minimum absolute atomic E-state index is 0.161. The molecule has 2 aromatic rings. The number of nitrogens with one attached hydrogen (secondary N) is 4. The predicted octanol–water partition coefficient (Wildman–Crippen LogP) is 7.18. The van der Waals surface area contributed by atoms with Crippen LogP contribution in [0.25, 0.3) is 0 Å². The molecular weight excluding hydrogens is 572 g/mol. The predicted molar refractivity (Wildman–Crippen MR) is 198 cm³/mol. The van der Waals surface area contributed by atoms with Crippen molar-refractivity contribution in [1.29, 1.82) is 10.8 Å². The Morgan fingerprint density at radius 1 is 0.543 bits per heavy atom. The summed E-state index contributed by atoms with van der Waals surface area (Å²) < 4.78 is 0. The van der Waals surface area contributed by atoms with Crippen LogP contribution in [0.5, 0.6) is 0 Å². The molecule has 0 saturated carbocycles. The molecule has 10 heteroatoms. The number of nitrogens with two attached hydrogens (primary N) is 2. The summed E-state index contributed by atoms with van der Waals surface area (Å²) in [6.45, 7) is 6.72. The maximum absolute atomic E-state index is 7.97. The fourth-order valence-corrected chi connectivity index (χ4v) is 5.32. The van der Waals surface area contributed by atoms with Gasteiger partial charge < -0.3 is 21.3 Å². The molecule has 0 radical (unpaired) electrons. The summed E-state index contributed by atoms with van der Waals surface area (Å²) in [6, 6.07) is 20.2. The molecule has 0 aromatic heterocycles. The van der Waals surface area contributed by atoms with E-state index in [1.807, 2.05) is 60.7 Å². The highest BCUT2D eigenvalue weighted by Crippen LogP contribution is 2.17. The highest BCUT2D eigenvalue weighted by Gasteiger charge is 2.16. The van der Waals surface area contributed by atoms with E-state index in [2.05, 4.69) is 34.3 Å². The van der Waals surface area contributed by atoms with E-state index in [0.717, 1.165) is 50.1 Å². The van der Waals surface area contributed by atoms with Crippen LogP contribution in [0, 0.1) is 10.8 Å². The first kappa shape index (κ1) is 38.1. The zero-order valence-corrected chi connectivity index (χ0v) is 28.4. The van der Waals surface area contributed by atoms with E-state index in [1.165, 1.54) is 64.2 Å². The van der Waals surface area contributed by atoms with Crippen molar-refractivity contribution in [3.05, 3.63) is 60.7 Å². The number of benzene rings is 2. The summed E-state index contributed by atoms with van der Waals surface area (Å²) in [4.78, 5) is 13.9. The number of nitrogens with zero attached hydrogens (tertiary/aromatic N) is 4. The topological polar surface area (TPSA) is 155 Å². The summed E-state index contributed by atoms with van der Waals surface area (Å²) >= 11 is 0. The molecule has 46 heavy (non-hydrogen) atoms. The van der Waals surface area contributed by atoms with Crippen molar-refractivity contribution in [1.82, 2.24) is 10.6 Å². The lowest BCUT2D eigenvalue weighted by atomic mass is 10.1. The average molecular weight is 633 g/mol. The molecule has 254 valence electrons. The second kappa shape index (κ2) is 24.2. The zero-order chi connectivity index (χ0) is 33.2. The Morgan fingerprint density at radius 3 is 1.20 bits per heavy atom. The number of para-hydroxylation sites is 2. The first-order chi connectivity index (χ1) is 22.5. The van der Waals surface area contributed by atoms with E-state index in [0.29, 0.717) is 25.0 Å². The standard InChI is InChI=1S/C36H60N10/c1-3-5-7-9-11-13-21-29-45(31-23-17-15-18-24-31)35(43-33(37)38)41-27-28-42-36(44-34(39)40)46(32-25-19-16-20-26-32)30-22-14-12-10-8-6-4-2/h15-20,23-26H,3-14,21-22,27-30H2,1-2H3,(H4,37,38,41,43)(H4,39,40,42,44). The van der Waals surface area contributed by atoms with Gasteiger partial charge in [-0.25, -0.2) is 0 Å². The molecule has 8 N–H and O–H groups in total. The van der Waals surface area contributed by atoms with Gasteiger partial charge >= 0.3 is 0 Å². The normalized spacial score (nSPS) is 11.7. The molecule has 0 fully saturated rings. The third kappa shape index (κ3) is 16.3. The zero-order valence-electron chi connectivity index (χ0n) is 28.4. The largest absolute Gasteiger partial charge is 0.370 e. The second-order valence-corrected chi connectivity index (χ2v) is 11.7. The molecule has 0 heterocycles. The Balaban J connectivity index is 2.20. The summed E-state index contributed by atoms with van der Waals surface area (Å²) in [5.74, 6) is 0.742. The van der Waals surface area contributed by atoms with Crippen LogP contribution < -0.4 is 31.9 Å². The summed E-state index contributed by atoms with van der Waals surface area (Å²) in [6.07, 6.45) is 16.9. The van der Waals surface area contributed by atoms with E-state index < -0.39 is 0 Å². The van der Waals surface area contributed by atoms with Crippen molar-refractivity contribution < 1.29 is 0 Å². The number of rotatable bonds is 21. The van der Waals surface area contributed by atoms with Gasteiger partial charge in [-0.15, -0.1) is 0 Å². The molecule has 0 unspecified atom stereocenters. The molecule has 0 bridgehead atoms. The Morgan fingerprint density at radius 2 is 0.870 bits per heavy atom. The molecule has 0 atom stereocenters. The van der Waals surface area contributed by atoms with E-state index in [1.54, 1.807) is 0 Å². The minimum atomic E-state index is -0.161. The first-order valence-corrected chi connectivity index (χ1v) is 17.4. The Bertz CT molecular complexity index is 1060. The van der Waals surface area contributed by atoms with E-state index in [4.69, 9.17) is 32.3 Å². The van der Waals surface area contributed by atoms with Crippen LogP contribution in [-0.2, 0) is 0 Å². The molecule has 10 nitrogen and oxygen atoms in total. The highest BCUT2D eigenvalue weighted by atomic mass is 15.3. The van der Waals surface area contributed by atoms with Gasteiger partial charge in [0.1, 0.15) is 0 Å². The Kier molecular flexibility index (Phi) is 20.0. The third-order valence-corrected chi connectivity index (χ3v) is 7.73. The van der Waals surface area contributed by atoms with Crippen LogP contribution in [0.3, 0.4) is 0 Å². The lowest BCUT2D eigenvalue weighted by molar-refractivity contribution is 0.591. The molecule has 0 amide bonds. The van der Waals surface area contributed by atoms with Gasteiger partial charge in [0.25, 0.3) is 0 Å². The van der Waals surface area contributed by atoms with Gasteiger partial charge in [-0.05, 0) is 37.1 Å².